The van der Waals surface area contributed by atoms with E-state index in [1.807, 2.05) is 48.5 Å². The van der Waals surface area contributed by atoms with Crippen molar-refractivity contribution < 1.29 is 14.3 Å². The van der Waals surface area contributed by atoms with Gasteiger partial charge in [-0.05, 0) is 42.0 Å². The van der Waals surface area contributed by atoms with Gasteiger partial charge in [-0.3, -0.25) is 9.59 Å². The highest BCUT2D eigenvalue weighted by Gasteiger charge is 2.25. The Kier molecular flexibility index (Phi) is 5.38. The number of carbonyl (C=O) groups excluding carboxylic acids is 1. The van der Waals surface area contributed by atoms with E-state index in [4.69, 9.17) is 19.4 Å². The van der Waals surface area contributed by atoms with Crippen LogP contribution >= 0.6 is 11.3 Å². The van der Waals surface area contributed by atoms with E-state index in [1.165, 1.54) is 11.3 Å². The Balaban J connectivity index is 1.30. The maximum atomic E-state index is 13.1. The van der Waals surface area contributed by atoms with Gasteiger partial charge < -0.3 is 19.8 Å². The van der Waals surface area contributed by atoms with Gasteiger partial charge in [0.1, 0.15) is 10.8 Å². The van der Waals surface area contributed by atoms with Crippen LogP contribution in [0.4, 0.5) is 0 Å². The molecular formula is C26H20N4O4S. The quantitative estimate of drug-likeness (QED) is 0.376. The smallest absolute Gasteiger partial charge is 0.258 e. The lowest BCUT2D eigenvalue weighted by atomic mass is 10.0. The molecule has 174 valence electrons. The fraction of sp³-hybridized carbons (Fsp3) is 0.154. The predicted octanol–water partition coefficient (Wildman–Crippen LogP) is 4.10. The second-order valence-electron chi connectivity index (χ2n) is 8.21. The lowest BCUT2D eigenvalue weighted by molar-refractivity contribution is -0.121. The van der Waals surface area contributed by atoms with Gasteiger partial charge in [-0.2, -0.15) is 0 Å². The summed E-state index contributed by atoms with van der Waals surface area (Å²) < 4.78 is 11.8. The van der Waals surface area contributed by atoms with E-state index in [9.17, 15) is 9.59 Å². The highest BCUT2D eigenvalue weighted by molar-refractivity contribution is 7.18. The average Bonchev–Trinajstić information content (AvgIpc) is 3.52. The Labute approximate surface area is 203 Å². The number of ether oxygens (including phenoxy) is 2. The number of rotatable bonds is 6. The van der Waals surface area contributed by atoms with E-state index in [1.54, 1.807) is 18.2 Å². The number of nitrogens with zero attached hydrogens (tertiary/aromatic N) is 2. The number of nitrogens with one attached hydrogen (secondary N) is 2. The maximum absolute atomic E-state index is 13.1. The monoisotopic (exact) mass is 484 g/mol. The van der Waals surface area contributed by atoms with Crippen LogP contribution in [0.1, 0.15) is 28.7 Å². The van der Waals surface area contributed by atoms with Crippen molar-refractivity contribution in [2.45, 2.75) is 18.9 Å². The third kappa shape index (κ3) is 4.22. The molecule has 0 spiro atoms. The molecule has 5 aromatic rings. The maximum Gasteiger partial charge on any atom is 0.258 e. The third-order valence-electron chi connectivity index (χ3n) is 5.89. The predicted molar refractivity (Wildman–Crippen MR) is 133 cm³/mol. The Bertz CT molecular complexity index is 1590. The molecule has 2 aromatic heterocycles. The van der Waals surface area contributed by atoms with Crippen molar-refractivity contribution in [1.82, 2.24) is 20.3 Å². The van der Waals surface area contributed by atoms with E-state index in [2.05, 4.69) is 10.3 Å². The first-order valence-corrected chi connectivity index (χ1v) is 12.0. The molecule has 0 saturated heterocycles. The number of hydrogen-bond acceptors (Lipinski definition) is 7. The van der Waals surface area contributed by atoms with E-state index in [0.29, 0.717) is 34.8 Å². The van der Waals surface area contributed by atoms with Crippen molar-refractivity contribution in [3.05, 3.63) is 93.5 Å². The lowest BCUT2D eigenvalue weighted by Gasteiger charge is -2.14. The number of fused-ring (bicyclic) bond motifs is 3. The number of amides is 1. The number of benzene rings is 3. The summed E-state index contributed by atoms with van der Waals surface area (Å²) in [7, 11) is 0. The standard InChI is InChI=1S/C26H20N4O4S/c31-23(27-13-15-9-10-20-21(11-15)34-14-33-20)12-17(26-29-19-7-3-4-8-22(19)35-26)24-28-18-6-2-1-5-16(18)25(32)30-24/h1-11,17H,12-14H2,(H,27,31)(H,28,30,32). The minimum atomic E-state index is -0.499. The summed E-state index contributed by atoms with van der Waals surface area (Å²) >= 11 is 1.50. The number of carbonyl (C=O) groups is 1. The Hall–Kier alpha value is -4.24. The largest absolute Gasteiger partial charge is 0.454 e. The molecule has 1 atom stereocenters. The Morgan fingerprint density at radius 3 is 2.69 bits per heavy atom. The molecule has 8 nitrogen and oxygen atoms in total. The van der Waals surface area contributed by atoms with Crippen LogP contribution in [0.3, 0.4) is 0 Å². The molecule has 1 amide bonds. The lowest BCUT2D eigenvalue weighted by Crippen LogP contribution is -2.26. The minimum Gasteiger partial charge on any atom is -0.454 e. The van der Waals surface area contributed by atoms with Gasteiger partial charge in [-0.25, -0.2) is 9.97 Å². The van der Waals surface area contributed by atoms with Crippen molar-refractivity contribution >= 4 is 38.4 Å². The molecule has 0 aliphatic carbocycles. The zero-order valence-corrected chi connectivity index (χ0v) is 19.3. The van der Waals surface area contributed by atoms with Crippen LogP contribution in [0.25, 0.3) is 21.1 Å². The molecule has 0 bridgehead atoms. The summed E-state index contributed by atoms with van der Waals surface area (Å²) in [4.78, 5) is 38.2. The van der Waals surface area contributed by atoms with Crippen LogP contribution in [-0.4, -0.2) is 27.7 Å². The number of aromatic amines is 1. The number of thiazole rings is 1. The molecular weight excluding hydrogens is 464 g/mol. The van der Waals surface area contributed by atoms with Crippen molar-refractivity contribution in [1.29, 1.82) is 0 Å². The normalized spacial score (nSPS) is 13.3. The van der Waals surface area contributed by atoms with Gasteiger partial charge in [0.2, 0.25) is 12.7 Å². The van der Waals surface area contributed by atoms with Gasteiger partial charge in [0, 0.05) is 13.0 Å². The number of para-hydroxylation sites is 2. The molecule has 1 aliphatic heterocycles. The van der Waals surface area contributed by atoms with E-state index < -0.39 is 5.92 Å². The molecule has 0 radical (unpaired) electrons. The topological polar surface area (TPSA) is 106 Å². The molecule has 3 aromatic carbocycles. The number of hydrogen-bond donors (Lipinski definition) is 2. The molecule has 0 saturated carbocycles. The van der Waals surface area contributed by atoms with Crippen LogP contribution < -0.4 is 20.3 Å². The second kappa shape index (κ2) is 8.84. The highest BCUT2D eigenvalue weighted by Crippen LogP contribution is 2.34. The Morgan fingerprint density at radius 2 is 1.80 bits per heavy atom. The van der Waals surface area contributed by atoms with Crippen LogP contribution in [0, 0.1) is 0 Å². The van der Waals surface area contributed by atoms with Gasteiger partial charge >= 0.3 is 0 Å². The molecule has 0 fully saturated rings. The minimum absolute atomic E-state index is 0.0889. The summed E-state index contributed by atoms with van der Waals surface area (Å²) in [6, 6.07) is 20.5. The van der Waals surface area contributed by atoms with Gasteiger partial charge in [0.25, 0.3) is 5.56 Å². The number of H-pyrrole nitrogens is 1. The van der Waals surface area contributed by atoms with Gasteiger partial charge in [-0.15, -0.1) is 11.3 Å². The van der Waals surface area contributed by atoms with Gasteiger partial charge in [0.15, 0.2) is 11.5 Å². The first-order chi connectivity index (χ1) is 17.1. The molecule has 35 heavy (non-hydrogen) atoms. The van der Waals surface area contributed by atoms with E-state index in [0.717, 1.165) is 20.8 Å². The van der Waals surface area contributed by atoms with Crippen LogP contribution in [0.15, 0.2) is 71.5 Å². The van der Waals surface area contributed by atoms with Crippen molar-refractivity contribution in [2.75, 3.05) is 6.79 Å². The zero-order chi connectivity index (χ0) is 23.8. The van der Waals surface area contributed by atoms with Crippen molar-refractivity contribution in [3.8, 4) is 11.5 Å². The fourth-order valence-corrected chi connectivity index (χ4v) is 5.19. The van der Waals surface area contributed by atoms with Gasteiger partial charge in [-0.1, -0.05) is 30.3 Å². The average molecular weight is 485 g/mol. The van der Waals surface area contributed by atoms with Gasteiger partial charge in [0.05, 0.1) is 27.0 Å². The summed E-state index contributed by atoms with van der Waals surface area (Å²) in [5, 5.41) is 4.20. The number of aromatic nitrogens is 3. The molecule has 9 heteroatoms. The fourth-order valence-electron chi connectivity index (χ4n) is 4.12. The first kappa shape index (κ1) is 21.3. The summed E-state index contributed by atoms with van der Waals surface area (Å²) in [5.41, 5.74) is 2.09. The summed E-state index contributed by atoms with van der Waals surface area (Å²) in [5.74, 6) is 1.11. The molecule has 1 aliphatic rings. The van der Waals surface area contributed by atoms with Crippen molar-refractivity contribution in [2.24, 2.45) is 0 Å². The second-order valence-corrected chi connectivity index (χ2v) is 9.27. The van der Waals surface area contributed by atoms with Crippen LogP contribution in [0.5, 0.6) is 11.5 Å². The van der Waals surface area contributed by atoms with Crippen LogP contribution in [-0.2, 0) is 11.3 Å². The zero-order valence-electron chi connectivity index (χ0n) is 18.5. The first-order valence-electron chi connectivity index (χ1n) is 11.1. The molecule has 1 unspecified atom stereocenters. The summed E-state index contributed by atoms with van der Waals surface area (Å²) in [6.45, 7) is 0.537. The third-order valence-corrected chi connectivity index (χ3v) is 7.04. The Morgan fingerprint density at radius 1 is 1.00 bits per heavy atom. The molecule has 3 heterocycles. The van der Waals surface area contributed by atoms with Crippen molar-refractivity contribution in [3.63, 3.8) is 0 Å². The molecule has 2 N–H and O–H groups in total. The van der Waals surface area contributed by atoms with Crippen LogP contribution in [0.2, 0.25) is 0 Å². The SMILES string of the molecule is O=C(CC(c1nc2ccccc2c(=O)[nH]1)c1nc2ccccc2s1)NCc1ccc2c(c1)OCO2. The van der Waals surface area contributed by atoms with E-state index in [-0.39, 0.29) is 24.7 Å². The summed E-state index contributed by atoms with van der Waals surface area (Å²) in [6.07, 6.45) is 0.0889. The van der Waals surface area contributed by atoms with E-state index >= 15 is 0 Å². The molecule has 6 rings (SSSR count). The highest BCUT2D eigenvalue weighted by atomic mass is 32.1.